The molecule has 1 saturated carbocycles. The van der Waals surface area contributed by atoms with Crippen LogP contribution in [0.25, 0.3) is 0 Å². The smallest absolute Gasteiger partial charge is 0.151 e. The Bertz CT molecular complexity index is 281. The van der Waals surface area contributed by atoms with Crippen molar-refractivity contribution in [2.75, 3.05) is 18.1 Å². The number of rotatable bonds is 7. The Morgan fingerprint density at radius 2 is 1.87 bits per heavy atom. The molecule has 3 nitrogen and oxygen atoms in total. The summed E-state index contributed by atoms with van der Waals surface area (Å²) < 4.78 is 23.1. The number of nitrogens with one attached hydrogen (secondary N) is 1. The summed E-state index contributed by atoms with van der Waals surface area (Å²) in [7, 11) is -2.84. The van der Waals surface area contributed by atoms with E-state index in [1.165, 1.54) is 12.8 Å². The van der Waals surface area contributed by atoms with Gasteiger partial charge in [0, 0.05) is 12.6 Å². The van der Waals surface area contributed by atoms with Gasteiger partial charge >= 0.3 is 0 Å². The topological polar surface area (TPSA) is 46.2 Å². The van der Waals surface area contributed by atoms with E-state index in [0.29, 0.717) is 18.3 Å². The molecule has 0 amide bonds. The number of hydrogen-bond acceptors (Lipinski definition) is 3. The van der Waals surface area contributed by atoms with Crippen molar-refractivity contribution in [3.8, 4) is 0 Å². The van der Waals surface area contributed by atoms with Gasteiger partial charge in [-0.1, -0.05) is 13.8 Å². The molecule has 0 aromatic heterocycles. The first-order valence-electron chi connectivity index (χ1n) is 5.84. The van der Waals surface area contributed by atoms with Crippen LogP contribution in [0.1, 0.15) is 33.6 Å². The second-order valence-corrected chi connectivity index (χ2v) is 7.32. The molecular weight excluding hydrogens is 210 g/mol. The van der Waals surface area contributed by atoms with Crippen LogP contribution < -0.4 is 5.32 Å². The number of sulfone groups is 1. The van der Waals surface area contributed by atoms with E-state index >= 15 is 0 Å². The molecule has 1 rings (SSSR count). The average molecular weight is 233 g/mol. The van der Waals surface area contributed by atoms with Crippen LogP contribution in [0.4, 0.5) is 0 Å². The van der Waals surface area contributed by atoms with Gasteiger partial charge in [0.2, 0.25) is 0 Å². The summed E-state index contributed by atoms with van der Waals surface area (Å²) in [6, 6.07) is 0.485. The van der Waals surface area contributed by atoms with Gasteiger partial charge < -0.3 is 5.32 Å². The van der Waals surface area contributed by atoms with E-state index < -0.39 is 9.84 Å². The molecule has 15 heavy (non-hydrogen) atoms. The first-order valence-corrected chi connectivity index (χ1v) is 7.66. The fraction of sp³-hybridized carbons (Fsp3) is 1.00. The van der Waals surface area contributed by atoms with Gasteiger partial charge in [-0.3, -0.25) is 0 Å². The highest BCUT2D eigenvalue weighted by Gasteiger charge is 2.27. The van der Waals surface area contributed by atoms with Gasteiger partial charge in [0.1, 0.15) is 0 Å². The number of hydrogen-bond donors (Lipinski definition) is 1. The maximum absolute atomic E-state index is 11.6. The molecule has 0 aliphatic heterocycles. The van der Waals surface area contributed by atoms with Crippen molar-refractivity contribution >= 4 is 9.84 Å². The Balaban J connectivity index is 2.17. The van der Waals surface area contributed by atoms with E-state index in [2.05, 4.69) is 12.2 Å². The molecular formula is C11H23NO2S. The van der Waals surface area contributed by atoms with Crippen LogP contribution in [0.3, 0.4) is 0 Å². The van der Waals surface area contributed by atoms with Gasteiger partial charge in [-0.2, -0.15) is 0 Å². The molecule has 0 heterocycles. The summed E-state index contributed by atoms with van der Waals surface area (Å²) in [6.45, 7) is 6.63. The maximum atomic E-state index is 11.6. The minimum atomic E-state index is -2.84. The Labute approximate surface area is 93.6 Å². The fourth-order valence-corrected chi connectivity index (χ4v) is 3.41. The Kier molecular flexibility index (Phi) is 4.59. The van der Waals surface area contributed by atoms with Crippen LogP contribution in [0.2, 0.25) is 0 Å². The Morgan fingerprint density at radius 3 is 2.33 bits per heavy atom. The summed E-state index contributed by atoms with van der Waals surface area (Å²) >= 11 is 0. The lowest BCUT2D eigenvalue weighted by molar-refractivity contribution is 0.508. The largest absolute Gasteiger partial charge is 0.313 e. The van der Waals surface area contributed by atoms with Crippen molar-refractivity contribution < 1.29 is 8.42 Å². The van der Waals surface area contributed by atoms with Gasteiger partial charge in [-0.15, -0.1) is 0 Å². The fourth-order valence-electron chi connectivity index (χ4n) is 1.80. The molecule has 1 unspecified atom stereocenters. The lowest BCUT2D eigenvalue weighted by Gasteiger charge is -2.13. The van der Waals surface area contributed by atoms with Crippen LogP contribution in [0.5, 0.6) is 0 Å². The zero-order valence-corrected chi connectivity index (χ0v) is 10.8. The van der Waals surface area contributed by atoms with Crippen molar-refractivity contribution in [1.82, 2.24) is 5.32 Å². The predicted molar refractivity (Wildman–Crippen MR) is 63.7 cm³/mol. The van der Waals surface area contributed by atoms with Crippen molar-refractivity contribution in [2.24, 2.45) is 11.8 Å². The zero-order chi connectivity index (χ0) is 11.5. The van der Waals surface area contributed by atoms with Crippen LogP contribution in [0, 0.1) is 11.8 Å². The molecule has 0 aromatic rings. The van der Waals surface area contributed by atoms with Crippen LogP contribution >= 0.6 is 0 Å². The van der Waals surface area contributed by atoms with E-state index in [0.717, 1.165) is 5.92 Å². The molecule has 1 N–H and O–H groups in total. The monoisotopic (exact) mass is 233 g/mol. The second-order valence-electron chi connectivity index (χ2n) is 5.09. The lowest BCUT2D eigenvalue weighted by atomic mass is 10.2. The van der Waals surface area contributed by atoms with Crippen molar-refractivity contribution in [3.63, 3.8) is 0 Å². The molecule has 90 valence electrons. The normalized spacial score (nSPS) is 19.5. The highest BCUT2D eigenvalue weighted by atomic mass is 32.2. The Morgan fingerprint density at radius 1 is 1.27 bits per heavy atom. The van der Waals surface area contributed by atoms with Gasteiger partial charge in [0.05, 0.1) is 11.5 Å². The Hall–Kier alpha value is -0.0900. The van der Waals surface area contributed by atoms with Gasteiger partial charge in [0.15, 0.2) is 9.84 Å². The van der Waals surface area contributed by atoms with Crippen LogP contribution in [0.15, 0.2) is 0 Å². The molecule has 1 aliphatic carbocycles. The maximum Gasteiger partial charge on any atom is 0.151 e. The standard InChI is InChI=1S/C11H23NO2S/c1-9(2)8-15(13,14)7-6-12-10(3)11-4-5-11/h9-12H,4-8H2,1-3H3. The molecule has 4 heteroatoms. The quantitative estimate of drug-likeness (QED) is 0.724. The van der Waals surface area contributed by atoms with Crippen LogP contribution in [-0.2, 0) is 9.84 Å². The molecule has 0 bridgehead atoms. The van der Waals surface area contributed by atoms with E-state index in [1.807, 2.05) is 13.8 Å². The molecule has 0 spiro atoms. The molecule has 0 radical (unpaired) electrons. The summed E-state index contributed by atoms with van der Waals surface area (Å²) in [5.74, 6) is 1.61. The molecule has 0 aromatic carbocycles. The van der Waals surface area contributed by atoms with Crippen molar-refractivity contribution in [2.45, 2.75) is 39.7 Å². The minimum absolute atomic E-state index is 0.232. The third kappa shape index (κ3) is 5.52. The SMILES string of the molecule is CC(C)CS(=O)(=O)CCNC(C)C1CC1. The summed E-state index contributed by atoms with van der Waals surface area (Å²) in [6.07, 6.45) is 2.60. The zero-order valence-electron chi connectivity index (χ0n) is 9.99. The van der Waals surface area contributed by atoms with E-state index in [9.17, 15) is 8.42 Å². The summed E-state index contributed by atoms with van der Waals surface area (Å²) in [5.41, 5.74) is 0. The third-order valence-corrected chi connectivity index (χ3v) is 4.80. The van der Waals surface area contributed by atoms with Crippen LogP contribution in [-0.4, -0.2) is 32.5 Å². The molecule has 0 saturated heterocycles. The highest BCUT2D eigenvalue weighted by Crippen LogP contribution is 2.32. The van der Waals surface area contributed by atoms with Crippen molar-refractivity contribution in [3.05, 3.63) is 0 Å². The molecule has 1 aliphatic rings. The predicted octanol–water partition coefficient (Wildman–Crippen LogP) is 1.45. The van der Waals surface area contributed by atoms with Gasteiger partial charge in [-0.05, 0) is 31.6 Å². The van der Waals surface area contributed by atoms with Crippen molar-refractivity contribution in [1.29, 1.82) is 0 Å². The second kappa shape index (κ2) is 5.30. The average Bonchev–Trinajstić information content (AvgIpc) is 2.82. The summed E-state index contributed by atoms with van der Waals surface area (Å²) in [4.78, 5) is 0. The summed E-state index contributed by atoms with van der Waals surface area (Å²) in [5, 5.41) is 3.29. The van der Waals surface area contributed by atoms with E-state index in [1.54, 1.807) is 0 Å². The third-order valence-electron chi connectivity index (χ3n) is 2.80. The highest BCUT2D eigenvalue weighted by molar-refractivity contribution is 7.91. The first-order chi connectivity index (χ1) is 6.91. The van der Waals surface area contributed by atoms with E-state index in [4.69, 9.17) is 0 Å². The molecule has 1 atom stereocenters. The minimum Gasteiger partial charge on any atom is -0.313 e. The lowest BCUT2D eigenvalue weighted by Crippen LogP contribution is -2.33. The van der Waals surface area contributed by atoms with E-state index in [-0.39, 0.29) is 11.7 Å². The van der Waals surface area contributed by atoms with Gasteiger partial charge in [0.25, 0.3) is 0 Å². The first kappa shape index (κ1) is 13.0. The van der Waals surface area contributed by atoms with Gasteiger partial charge in [-0.25, -0.2) is 8.42 Å². The molecule has 1 fully saturated rings.